The fourth-order valence-corrected chi connectivity index (χ4v) is 2.61. The number of hydrogen-bond donors (Lipinski definition) is 4. The molecule has 0 bridgehead atoms. The number of aliphatic hydroxyl groups excluding tert-OH is 2. The molecule has 0 aliphatic rings. The molecule has 0 aliphatic carbocycles. The van der Waals surface area contributed by atoms with Crippen molar-refractivity contribution in [2.75, 3.05) is 12.0 Å². The van der Waals surface area contributed by atoms with Crippen LogP contribution in [0.3, 0.4) is 0 Å². The second kappa shape index (κ2) is 8.04. The summed E-state index contributed by atoms with van der Waals surface area (Å²) < 4.78 is 2.42. The first kappa shape index (κ1) is 19.9. The Morgan fingerprint density at radius 2 is 2.07 bits per heavy atom. The number of anilines is 1. The monoisotopic (exact) mass is 403 g/mol. The number of aryl methyl sites for hydroxylation is 1. The first-order valence-electron chi connectivity index (χ1n) is 8.33. The van der Waals surface area contributed by atoms with E-state index in [2.05, 4.69) is 20.5 Å². The molecular formula is C16H17N7O6. The molecule has 152 valence electrons. The number of H-pyrrole nitrogens is 1. The average molecular weight is 403 g/mol. The molecule has 1 atom stereocenters. The van der Waals surface area contributed by atoms with Gasteiger partial charge in [0.1, 0.15) is 0 Å². The van der Waals surface area contributed by atoms with E-state index >= 15 is 0 Å². The number of nitro benzene ring substituents is 1. The molecule has 0 aliphatic heterocycles. The summed E-state index contributed by atoms with van der Waals surface area (Å²) in [6.45, 7) is -0.724. The number of aliphatic hydroxyl groups is 2. The standard InChI is InChI=1S/C16H17N7O6/c1-21-13-12(14(26)19-16(21)27)22(7-11(25)8-24)15(18-13)20-17-6-9-2-4-10(5-3-9)23(28)29/h2-6,11,24-25H,7-8H2,1H3,(H,18,20)(H,19,26,27)/b17-6-/t11-/m0/s1. The van der Waals surface area contributed by atoms with Crippen molar-refractivity contribution in [1.29, 1.82) is 0 Å². The molecule has 0 unspecified atom stereocenters. The lowest BCUT2D eigenvalue weighted by atomic mass is 10.2. The zero-order valence-corrected chi connectivity index (χ0v) is 15.1. The number of nitro groups is 1. The quantitative estimate of drug-likeness (QED) is 0.223. The van der Waals surface area contributed by atoms with Crippen LogP contribution in [0.15, 0.2) is 39.0 Å². The zero-order valence-electron chi connectivity index (χ0n) is 15.1. The smallest absolute Gasteiger partial charge is 0.329 e. The van der Waals surface area contributed by atoms with E-state index in [1.165, 1.54) is 42.1 Å². The van der Waals surface area contributed by atoms with Gasteiger partial charge in [0.2, 0.25) is 5.95 Å². The number of nitrogens with zero attached hydrogens (tertiary/aromatic N) is 5. The van der Waals surface area contributed by atoms with Crippen LogP contribution in [0.1, 0.15) is 5.56 Å². The number of nitrogens with one attached hydrogen (secondary N) is 2. The molecule has 0 spiro atoms. The summed E-state index contributed by atoms with van der Waals surface area (Å²) in [5, 5.41) is 33.6. The summed E-state index contributed by atoms with van der Waals surface area (Å²) in [6.07, 6.45) is 0.197. The van der Waals surface area contributed by atoms with Crippen molar-refractivity contribution in [3.63, 3.8) is 0 Å². The highest BCUT2D eigenvalue weighted by Crippen LogP contribution is 2.16. The highest BCUT2D eigenvalue weighted by molar-refractivity contribution is 5.81. The zero-order chi connectivity index (χ0) is 21.1. The van der Waals surface area contributed by atoms with Crippen LogP contribution in [-0.2, 0) is 13.6 Å². The van der Waals surface area contributed by atoms with Gasteiger partial charge in [-0.25, -0.2) is 10.2 Å². The number of non-ortho nitro benzene ring substituents is 1. The van der Waals surface area contributed by atoms with Gasteiger partial charge >= 0.3 is 5.69 Å². The number of hydrazone groups is 1. The first-order valence-corrected chi connectivity index (χ1v) is 8.33. The SMILES string of the molecule is Cn1c(=O)[nH]c(=O)c2c1nc(N/N=C\c1ccc([N+](=O)[O-])cc1)n2C[C@H](O)CO. The maximum Gasteiger partial charge on any atom is 0.329 e. The minimum absolute atomic E-state index is 0.0210. The third kappa shape index (κ3) is 4.04. The number of rotatable bonds is 7. The molecule has 4 N–H and O–H groups in total. The van der Waals surface area contributed by atoms with Crippen LogP contribution in [0, 0.1) is 10.1 Å². The predicted molar refractivity (Wildman–Crippen MR) is 103 cm³/mol. The molecule has 3 aromatic rings. The van der Waals surface area contributed by atoms with Gasteiger partial charge in [-0.1, -0.05) is 0 Å². The van der Waals surface area contributed by atoms with Gasteiger partial charge in [0.15, 0.2) is 11.2 Å². The number of benzene rings is 1. The average Bonchev–Trinajstić information content (AvgIpc) is 3.05. The van der Waals surface area contributed by atoms with Crippen LogP contribution in [-0.4, -0.2) is 53.2 Å². The number of aromatic nitrogens is 4. The van der Waals surface area contributed by atoms with Gasteiger partial charge in [-0.2, -0.15) is 10.1 Å². The highest BCUT2D eigenvalue weighted by Gasteiger charge is 2.19. The van der Waals surface area contributed by atoms with Gasteiger partial charge in [-0.05, 0) is 17.7 Å². The molecule has 0 saturated heterocycles. The normalized spacial score (nSPS) is 12.5. The fraction of sp³-hybridized carbons (Fsp3) is 0.250. The van der Waals surface area contributed by atoms with Crippen molar-refractivity contribution in [2.24, 2.45) is 12.1 Å². The molecule has 2 aromatic heterocycles. The van der Waals surface area contributed by atoms with Crippen LogP contribution in [0.5, 0.6) is 0 Å². The second-order valence-electron chi connectivity index (χ2n) is 6.09. The van der Waals surface area contributed by atoms with Crippen molar-refractivity contribution in [2.45, 2.75) is 12.6 Å². The molecule has 2 heterocycles. The van der Waals surface area contributed by atoms with Crippen LogP contribution in [0.25, 0.3) is 11.2 Å². The van der Waals surface area contributed by atoms with E-state index in [1.807, 2.05) is 0 Å². The largest absolute Gasteiger partial charge is 0.394 e. The topological polar surface area (TPSA) is 181 Å². The van der Waals surface area contributed by atoms with Crippen LogP contribution in [0.2, 0.25) is 0 Å². The number of aromatic amines is 1. The molecule has 29 heavy (non-hydrogen) atoms. The summed E-state index contributed by atoms with van der Waals surface area (Å²) >= 11 is 0. The summed E-state index contributed by atoms with van der Waals surface area (Å²) in [6, 6.07) is 5.64. The Hall–Kier alpha value is -3.84. The second-order valence-corrected chi connectivity index (χ2v) is 6.09. The van der Waals surface area contributed by atoms with Gasteiger partial charge in [0.05, 0.1) is 30.4 Å². The van der Waals surface area contributed by atoms with E-state index in [0.717, 1.165) is 4.57 Å². The summed E-state index contributed by atoms with van der Waals surface area (Å²) in [5.41, 5.74) is 1.85. The van der Waals surface area contributed by atoms with E-state index < -0.39 is 28.9 Å². The summed E-state index contributed by atoms with van der Waals surface area (Å²) in [7, 11) is 1.42. The molecule has 13 nitrogen and oxygen atoms in total. The van der Waals surface area contributed by atoms with Crippen molar-refractivity contribution in [1.82, 2.24) is 19.1 Å². The minimum atomic E-state index is -1.18. The van der Waals surface area contributed by atoms with Crippen molar-refractivity contribution >= 4 is 29.0 Å². The molecule has 0 amide bonds. The van der Waals surface area contributed by atoms with Crippen LogP contribution in [0.4, 0.5) is 11.6 Å². The molecule has 13 heteroatoms. The Bertz CT molecular complexity index is 1190. The Kier molecular flexibility index (Phi) is 5.52. The van der Waals surface area contributed by atoms with Gasteiger partial charge in [-0.15, -0.1) is 0 Å². The molecule has 0 fully saturated rings. The maximum absolute atomic E-state index is 12.2. The molecular weight excluding hydrogens is 386 g/mol. The van der Waals surface area contributed by atoms with Gasteiger partial charge in [-0.3, -0.25) is 24.5 Å². The van der Waals surface area contributed by atoms with E-state index in [4.69, 9.17) is 5.11 Å². The van der Waals surface area contributed by atoms with Crippen molar-refractivity contribution < 1.29 is 15.1 Å². The van der Waals surface area contributed by atoms with E-state index in [0.29, 0.717) is 5.56 Å². The van der Waals surface area contributed by atoms with Crippen molar-refractivity contribution in [3.8, 4) is 0 Å². The molecule has 0 radical (unpaired) electrons. The van der Waals surface area contributed by atoms with Crippen LogP contribution < -0.4 is 16.7 Å². The lowest BCUT2D eigenvalue weighted by Crippen LogP contribution is -2.30. The highest BCUT2D eigenvalue weighted by atomic mass is 16.6. The Morgan fingerprint density at radius 1 is 1.38 bits per heavy atom. The Labute approximate surface area is 161 Å². The third-order valence-electron chi connectivity index (χ3n) is 4.09. The minimum Gasteiger partial charge on any atom is -0.394 e. The molecule has 1 aromatic carbocycles. The lowest BCUT2D eigenvalue weighted by Gasteiger charge is -2.11. The maximum atomic E-state index is 12.2. The third-order valence-corrected chi connectivity index (χ3v) is 4.09. The first-order chi connectivity index (χ1) is 13.8. The Morgan fingerprint density at radius 3 is 2.69 bits per heavy atom. The van der Waals surface area contributed by atoms with E-state index in [1.54, 1.807) is 0 Å². The van der Waals surface area contributed by atoms with Gasteiger partial charge in [0, 0.05) is 19.2 Å². The van der Waals surface area contributed by atoms with E-state index in [-0.39, 0.29) is 29.3 Å². The predicted octanol–water partition coefficient (Wildman–Crippen LogP) is -0.869. The lowest BCUT2D eigenvalue weighted by molar-refractivity contribution is -0.384. The fourth-order valence-electron chi connectivity index (χ4n) is 2.61. The Balaban J connectivity index is 1.97. The van der Waals surface area contributed by atoms with Gasteiger partial charge in [0.25, 0.3) is 11.2 Å². The summed E-state index contributed by atoms with van der Waals surface area (Å²) in [5.74, 6) is 0.0531. The van der Waals surface area contributed by atoms with E-state index in [9.17, 15) is 24.8 Å². The van der Waals surface area contributed by atoms with Gasteiger partial charge < -0.3 is 14.8 Å². The molecule has 0 saturated carbocycles. The number of fused-ring (bicyclic) bond motifs is 1. The number of imidazole rings is 1. The number of hydrogen-bond acceptors (Lipinski definition) is 9. The molecule has 3 rings (SSSR count). The summed E-state index contributed by atoms with van der Waals surface area (Å²) in [4.78, 5) is 40.5. The van der Waals surface area contributed by atoms with Crippen LogP contribution >= 0.6 is 0 Å². The van der Waals surface area contributed by atoms with Crippen molar-refractivity contribution in [3.05, 3.63) is 60.8 Å².